The molecule has 2 aliphatic rings. The van der Waals surface area contributed by atoms with E-state index in [1.54, 1.807) is 12.1 Å². The molecule has 0 radical (unpaired) electrons. The van der Waals surface area contributed by atoms with Crippen LogP contribution in [0.15, 0.2) is 97.1 Å². The molecule has 53 heavy (non-hydrogen) atoms. The van der Waals surface area contributed by atoms with E-state index >= 15 is 0 Å². The summed E-state index contributed by atoms with van der Waals surface area (Å²) in [5.41, 5.74) is 1.36. The third-order valence-electron chi connectivity index (χ3n) is 8.03. The maximum absolute atomic E-state index is 13.3. The summed E-state index contributed by atoms with van der Waals surface area (Å²) in [7, 11) is 0. The van der Waals surface area contributed by atoms with Gasteiger partial charge < -0.3 is 28.8 Å². The highest BCUT2D eigenvalue weighted by Crippen LogP contribution is 2.31. The molecule has 14 nitrogen and oxygen atoms in total. The molecule has 2 saturated heterocycles. The number of ether oxygens (including phenoxy) is 5. The van der Waals surface area contributed by atoms with Crippen molar-refractivity contribution in [3.05, 3.63) is 134 Å². The maximum Gasteiger partial charge on any atom is 0.311 e. The van der Waals surface area contributed by atoms with Crippen molar-refractivity contribution in [1.82, 2.24) is 9.80 Å². The van der Waals surface area contributed by atoms with E-state index < -0.39 is 21.4 Å². The van der Waals surface area contributed by atoms with Gasteiger partial charge in [-0.15, -0.1) is 0 Å². The minimum Gasteiger partial charge on any atom is -0.489 e. The molecule has 0 saturated carbocycles. The molecule has 6 rings (SSSR count). The molecule has 2 heterocycles. The first-order chi connectivity index (χ1) is 25.8. The number of β-amino-alcohol motifs (C(OH)–C–C–N with tert-alkyl or cyclic N) is 1. The SMILES string of the molecule is O=[N+]([O-])c1ccc(OCc2ccccc2)cc1F.O=[N+]([O-])c1ccc(OCc2ccccc2)cc1OCCN1CCOCC1.OCCN1CCOCC1. The van der Waals surface area contributed by atoms with Crippen LogP contribution in [0, 0.1) is 26.0 Å². The lowest BCUT2D eigenvalue weighted by atomic mass is 10.2. The fourth-order valence-electron chi connectivity index (χ4n) is 5.13. The van der Waals surface area contributed by atoms with Crippen molar-refractivity contribution in [3.63, 3.8) is 0 Å². The standard InChI is InChI=1S/C19H22N2O5.C13H10FNO3.C6H13NO2/c22-21(23)18-7-6-17(26-15-16-4-2-1-3-5-16)14-19(18)25-13-10-20-8-11-24-12-9-20;14-12-8-11(6-7-13(12)15(16)17)18-9-10-4-2-1-3-5-10;8-4-1-7-2-5-9-6-3-7/h1-7,14H,8-13,15H2;1-8H,9H2;8H,1-6H2. The first-order valence-corrected chi connectivity index (χ1v) is 17.2. The van der Waals surface area contributed by atoms with Crippen LogP contribution in [0.4, 0.5) is 15.8 Å². The van der Waals surface area contributed by atoms with Gasteiger partial charge in [-0.3, -0.25) is 30.0 Å². The van der Waals surface area contributed by atoms with Gasteiger partial charge in [-0.25, -0.2) is 0 Å². The average molecular weight is 737 g/mol. The van der Waals surface area contributed by atoms with E-state index in [0.717, 1.165) is 69.2 Å². The Labute approximate surface area is 307 Å². The lowest BCUT2D eigenvalue weighted by Crippen LogP contribution is -2.38. The van der Waals surface area contributed by atoms with Crippen molar-refractivity contribution < 1.29 is 43.0 Å². The third-order valence-corrected chi connectivity index (χ3v) is 8.03. The first-order valence-electron chi connectivity index (χ1n) is 17.2. The lowest BCUT2D eigenvalue weighted by molar-refractivity contribution is -0.387. The maximum atomic E-state index is 13.3. The van der Waals surface area contributed by atoms with Crippen LogP contribution in [0.5, 0.6) is 17.2 Å². The van der Waals surface area contributed by atoms with Crippen LogP contribution in [0.2, 0.25) is 0 Å². The van der Waals surface area contributed by atoms with Crippen molar-refractivity contribution in [2.24, 2.45) is 0 Å². The molecule has 0 bridgehead atoms. The molecule has 4 aromatic rings. The van der Waals surface area contributed by atoms with Crippen LogP contribution >= 0.6 is 0 Å². The minimum atomic E-state index is -0.898. The topological polar surface area (TPSA) is 159 Å². The van der Waals surface area contributed by atoms with Crippen molar-refractivity contribution in [2.45, 2.75) is 13.2 Å². The van der Waals surface area contributed by atoms with Gasteiger partial charge in [0.2, 0.25) is 11.6 Å². The average Bonchev–Trinajstić information content (AvgIpc) is 3.18. The van der Waals surface area contributed by atoms with Crippen LogP contribution in [-0.4, -0.2) is 104 Å². The zero-order valence-electron chi connectivity index (χ0n) is 29.4. The molecule has 0 aliphatic carbocycles. The van der Waals surface area contributed by atoms with E-state index in [9.17, 15) is 24.6 Å². The van der Waals surface area contributed by atoms with Gasteiger partial charge in [0, 0.05) is 63.5 Å². The van der Waals surface area contributed by atoms with Crippen LogP contribution in [0.1, 0.15) is 11.1 Å². The van der Waals surface area contributed by atoms with Gasteiger partial charge in [0.15, 0.2) is 0 Å². The Morgan fingerprint density at radius 3 is 1.58 bits per heavy atom. The van der Waals surface area contributed by atoms with Gasteiger partial charge in [-0.1, -0.05) is 60.7 Å². The van der Waals surface area contributed by atoms with Crippen molar-refractivity contribution in [3.8, 4) is 17.2 Å². The molecule has 0 spiro atoms. The molecule has 0 atom stereocenters. The van der Waals surface area contributed by atoms with E-state index in [1.807, 2.05) is 60.7 Å². The number of halogens is 1. The van der Waals surface area contributed by atoms with Crippen molar-refractivity contribution in [2.75, 3.05) is 78.9 Å². The van der Waals surface area contributed by atoms with Crippen molar-refractivity contribution in [1.29, 1.82) is 0 Å². The van der Waals surface area contributed by atoms with Gasteiger partial charge >= 0.3 is 11.4 Å². The number of nitrogens with zero attached hydrogens (tertiary/aromatic N) is 4. The number of rotatable bonds is 14. The first kappa shape index (κ1) is 40.6. The van der Waals surface area contributed by atoms with Gasteiger partial charge in [-0.05, 0) is 23.3 Å². The van der Waals surface area contributed by atoms with Crippen LogP contribution in [-0.2, 0) is 22.7 Å². The smallest absolute Gasteiger partial charge is 0.311 e. The normalized spacial score (nSPS) is 14.5. The summed E-state index contributed by atoms with van der Waals surface area (Å²) in [5, 5.41) is 30.2. The Morgan fingerprint density at radius 2 is 1.11 bits per heavy atom. The molecule has 0 amide bonds. The number of morpholine rings is 2. The minimum absolute atomic E-state index is 0.0564. The Kier molecular flexibility index (Phi) is 17.4. The predicted molar refractivity (Wildman–Crippen MR) is 195 cm³/mol. The quantitative estimate of drug-likeness (QED) is 0.128. The van der Waals surface area contributed by atoms with Gasteiger partial charge in [0.1, 0.15) is 31.3 Å². The van der Waals surface area contributed by atoms with E-state index in [4.69, 9.17) is 28.8 Å². The monoisotopic (exact) mass is 736 g/mol. The highest BCUT2D eigenvalue weighted by atomic mass is 19.1. The third kappa shape index (κ3) is 14.8. The number of hydrogen-bond donors (Lipinski definition) is 1. The molecule has 1 N–H and O–H groups in total. The second kappa shape index (κ2) is 22.7. The zero-order valence-corrected chi connectivity index (χ0v) is 29.4. The summed E-state index contributed by atoms with van der Waals surface area (Å²) < 4.78 is 40.5. The fraction of sp³-hybridized carbons (Fsp3) is 0.368. The highest BCUT2D eigenvalue weighted by Gasteiger charge is 2.18. The van der Waals surface area contributed by atoms with Gasteiger partial charge in [-0.2, -0.15) is 4.39 Å². The number of hydrogen-bond acceptors (Lipinski definition) is 12. The second-order valence-corrected chi connectivity index (χ2v) is 11.8. The molecule has 2 fully saturated rings. The molecule has 2 aliphatic heterocycles. The molecule has 4 aromatic carbocycles. The molecule has 15 heteroatoms. The zero-order chi connectivity index (χ0) is 37.7. The van der Waals surface area contributed by atoms with Gasteiger partial charge in [0.25, 0.3) is 0 Å². The number of aliphatic hydroxyl groups excluding tert-OH is 1. The highest BCUT2D eigenvalue weighted by molar-refractivity contribution is 5.50. The van der Waals surface area contributed by atoms with Crippen molar-refractivity contribution >= 4 is 11.4 Å². The molecule has 0 unspecified atom stereocenters. The lowest BCUT2D eigenvalue weighted by Gasteiger charge is -2.26. The van der Waals surface area contributed by atoms with Crippen LogP contribution in [0.3, 0.4) is 0 Å². The molecule has 0 aromatic heterocycles. The summed E-state index contributed by atoms with van der Waals surface area (Å²) in [4.78, 5) is 24.9. The molecular formula is C38H45FN4O10. The second-order valence-electron chi connectivity index (χ2n) is 11.8. The fourth-order valence-corrected chi connectivity index (χ4v) is 5.13. The van der Waals surface area contributed by atoms with Crippen LogP contribution < -0.4 is 14.2 Å². The summed E-state index contributed by atoms with van der Waals surface area (Å²) in [6.45, 7) is 9.54. The molecular weight excluding hydrogens is 691 g/mol. The Morgan fingerprint density at radius 1 is 0.642 bits per heavy atom. The number of nitro groups is 2. The summed E-state index contributed by atoms with van der Waals surface area (Å²) >= 11 is 0. The number of nitro benzene ring substituents is 2. The molecule has 284 valence electrons. The van der Waals surface area contributed by atoms with Gasteiger partial charge in [0.05, 0.1) is 42.9 Å². The Hall–Kier alpha value is -5.19. The van der Waals surface area contributed by atoms with Crippen LogP contribution in [0.25, 0.3) is 0 Å². The summed E-state index contributed by atoms with van der Waals surface area (Å²) in [6, 6.07) is 27.2. The largest absolute Gasteiger partial charge is 0.489 e. The van der Waals surface area contributed by atoms with E-state index in [2.05, 4.69) is 9.80 Å². The number of benzene rings is 4. The summed E-state index contributed by atoms with van der Waals surface area (Å²) in [6.07, 6.45) is 0. The van der Waals surface area contributed by atoms with E-state index in [-0.39, 0.29) is 30.4 Å². The summed E-state index contributed by atoms with van der Waals surface area (Å²) in [5.74, 6) is 0.141. The Balaban J connectivity index is 0.000000200. The predicted octanol–water partition coefficient (Wildman–Crippen LogP) is 5.51. The van der Waals surface area contributed by atoms with E-state index in [0.29, 0.717) is 38.7 Å². The Bertz CT molecular complexity index is 1670. The number of aliphatic hydroxyl groups is 1. The van der Waals surface area contributed by atoms with E-state index in [1.165, 1.54) is 12.1 Å².